The van der Waals surface area contributed by atoms with E-state index >= 15 is 0 Å². The number of aliphatic hydroxyl groups is 1. The van der Waals surface area contributed by atoms with Crippen molar-refractivity contribution in [3.05, 3.63) is 0 Å². The third-order valence-electron chi connectivity index (χ3n) is 5.00. The van der Waals surface area contributed by atoms with Gasteiger partial charge in [-0.2, -0.15) is 0 Å². The molecule has 1 N–H and O–H groups in total. The van der Waals surface area contributed by atoms with Gasteiger partial charge in [-0.05, 0) is 44.4 Å². The van der Waals surface area contributed by atoms with E-state index in [2.05, 4.69) is 0 Å². The summed E-state index contributed by atoms with van der Waals surface area (Å²) in [5, 5.41) is 10.0. The van der Waals surface area contributed by atoms with Crippen LogP contribution in [-0.2, 0) is 9.53 Å². The van der Waals surface area contributed by atoms with Gasteiger partial charge in [-0.1, -0.05) is 6.42 Å². The zero-order valence-electron chi connectivity index (χ0n) is 9.76. The summed E-state index contributed by atoms with van der Waals surface area (Å²) in [6, 6.07) is 0. The van der Waals surface area contributed by atoms with Crippen LogP contribution < -0.4 is 0 Å². The molecule has 2 aliphatic carbocycles. The third-order valence-corrected chi connectivity index (χ3v) is 5.00. The Morgan fingerprint density at radius 2 is 2.06 bits per heavy atom. The minimum Gasteiger partial charge on any atom is -0.462 e. The van der Waals surface area contributed by atoms with E-state index in [1.54, 1.807) is 0 Å². The molecular formula is C13H20O3. The van der Waals surface area contributed by atoms with Gasteiger partial charge in [0.1, 0.15) is 6.10 Å². The highest BCUT2D eigenvalue weighted by molar-refractivity contribution is 5.75. The number of carbonyl (C=O) groups is 1. The van der Waals surface area contributed by atoms with Gasteiger partial charge in [0.05, 0.1) is 12.0 Å². The first-order chi connectivity index (χ1) is 7.66. The summed E-state index contributed by atoms with van der Waals surface area (Å²) in [7, 11) is 0. The average molecular weight is 224 g/mol. The van der Waals surface area contributed by atoms with Gasteiger partial charge in [-0.15, -0.1) is 0 Å². The van der Waals surface area contributed by atoms with Crippen LogP contribution in [0.25, 0.3) is 0 Å². The highest BCUT2D eigenvalue weighted by Crippen LogP contribution is 2.49. The minimum absolute atomic E-state index is 0.0197. The predicted molar refractivity (Wildman–Crippen MR) is 58.6 cm³/mol. The second-order valence-electron chi connectivity index (χ2n) is 5.81. The molecule has 0 aromatic heterocycles. The second kappa shape index (κ2) is 3.73. The summed E-state index contributed by atoms with van der Waals surface area (Å²) < 4.78 is 5.33. The normalized spacial score (nSPS) is 51.8. The van der Waals surface area contributed by atoms with E-state index < -0.39 is 0 Å². The molecule has 0 aromatic rings. The molecule has 0 bridgehead atoms. The summed E-state index contributed by atoms with van der Waals surface area (Å²) in [6.07, 6.45) is 5.15. The fourth-order valence-corrected chi connectivity index (χ4v) is 4.10. The van der Waals surface area contributed by atoms with Crippen molar-refractivity contribution in [1.82, 2.24) is 0 Å². The maximum absolute atomic E-state index is 11.7. The lowest BCUT2D eigenvalue weighted by Gasteiger charge is -2.43. The first kappa shape index (κ1) is 10.6. The van der Waals surface area contributed by atoms with Gasteiger partial charge in [0.15, 0.2) is 0 Å². The lowest BCUT2D eigenvalue weighted by atomic mass is 9.62. The van der Waals surface area contributed by atoms with E-state index in [0.29, 0.717) is 17.8 Å². The highest BCUT2D eigenvalue weighted by Gasteiger charge is 2.50. The fourth-order valence-electron chi connectivity index (χ4n) is 4.10. The quantitative estimate of drug-likeness (QED) is 0.637. The Bertz CT molecular complexity index is 302. The lowest BCUT2D eigenvalue weighted by molar-refractivity contribution is -0.144. The topological polar surface area (TPSA) is 46.5 Å². The Morgan fingerprint density at radius 1 is 1.25 bits per heavy atom. The molecular weight excluding hydrogens is 204 g/mol. The zero-order chi connectivity index (χ0) is 11.3. The summed E-state index contributed by atoms with van der Waals surface area (Å²) in [5.74, 6) is 1.45. The molecule has 1 aliphatic heterocycles. The van der Waals surface area contributed by atoms with Gasteiger partial charge < -0.3 is 9.84 Å². The van der Waals surface area contributed by atoms with Crippen molar-refractivity contribution in [3.8, 4) is 0 Å². The largest absolute Gasteiger partial charge is 0.462 e. The van der Waals surface area contributed by atoms with Crippen molar-refractivity contribution in [2.45, 2.75) is 51.2 Å². The average Bonchev–Trinajstić information content (AvgIpc) is 2.53. The van der Waals surface area contributed by atoms with Crippen LogP contribution in [0.3, 0.4) is 0 Å². The molecule has 3 nitrogen and oxygen atoms in total. The number of aliphatic hydroxyl groups excluding tert-OH is 1. The molecule has 0 amide bonds. The van der Waals surface area contributed by atoms with Crippen molar-refractivity contribution >= 4 is 5.97 Å². The van der Waals surface area contributed by atoms with Crippen LogP contribution in [0.1, 0.15) is 39.0 Å². The van der Waals surface area contributed by atoms with Gasteiger partial charge >= 0.3 is 5.97 Å². The van der Waals surface area contributed by atoms with E-state index in [-0.39, 0.29) is 24.1 Å². The number of rotatable bonds is 0. The maximum Gasteiger partial charge on any atom is 0.309 e. The van der Waals surface area contributed by atoms with Crippen LogP contribution >= 0.6 is 0 Å². The predicted octanol–water partition coefficient (Wildman–Crippen LogP) is 1.74. The molecule has 6 atom stereocenters. The number of cyclic esters (lactones) is 1. The smallest absolute Gasteiger partial charge is 0.309 e. The number of carbonyl (C=O) groups excluding carboxylic acids is 1. The van der Waals surface area contributed by atoms with Crippen LogP contribution in [-0.4, -0.2) is 23.3 Å². The standard InChI is InChI=1S/C13H20O3/c1-7-9-5-8-3-2-4-12(14)10(8)6-11(9)13(15)16-7/h7-12,14H,2-6H2,1H3/t7-,8?,9-,10+,11-,12?/m1/s1. The second-order valence-corrected chi connectivity index (χ2v) is 5.81. The molecule has 3 fully saturated rings. The number of hydrogen-bond donors (Lipinski definition) is 1. The fraction of sp³-hybridized carbons (Fsp3) is 0.923. The van der Waals surface area contributed by atoms with E-state index in [9.17, 15) is 9.90 Å². The zero-order valence-corrected chi connectivity index (χ0v) is 9.76. The molecule has 1 heterocycles. The van der Waals surface area contributed by atoms with Crippen LogP contribution in [0, 0.1) is 23.7 Å². The molecule has 0 radical (unpaired) electrons. The van der Waals surface area contributed by atoms with Gasteiger partial charge in [0, 0.05) is 5.92 Å². The van der Waals surface area contributed by atoms with Crippen molar-refractivity contribution in [2.75, 3.05) is 0 Å². The maximum atomic E-state index is 11.7. The highest BCUT2D eigenvalue weighted by atomic mass is 16.6. The minimum atomic E-state index is -0.177. The molecule has 3 heteroatoms. The number of hydrogen-bond acceptors (Lipinski definition) is 3. The Morgan fingerprint density at radius 3 is 2.88 bits per heavy atom. The molecule has 90 valence electrons. The Hall–Kier alpha value is -0.570. The van der Waals surface area contributed by atoms with Gasteiger partial charge in [-0.25, -0.2) is 0 Å². The van der Waals surface area contributed by atoms with E-state index in [1.165, 1.54) is 6.42 Å². The number of esters is 1. The van der Waals surface area contributed by atoms with Gasteiger partial charge in [0.25, 0.3) is 0 Å². The summed E-state index contributed by atoms with van der Waals surface area (Å²) in [6.45, 7) is 2.02. The van der Waals surface area contributed by atoms with E-state index in [4.69, 9.17) is 4.74 Å². The van der Waals surface area contributed by atoms with Crippen LogP contribution in [0.5, 0.6) is 0 Å². The third kappa shape index (κ3) is 1.48. The number of ether oxygens (including phenoxy) is 1. The van der Waals surface area contributed by atoms with Crippen molar-refractivity contribution in [1.29, 1.82) is 0 Å². The molecule has 0 aromatic carbocycles. The van der Waals surface area contributed by atoms with Crippen LogP contribution in [0.15, 0.2) is 0 Å². The summed E-state index contributed by atoms with van der Waals surface area (Å²) in [4.78, 5) is 11.7. The van der Waals surface area contributed by atoms with Crippen molar-refractivity contribution in [3.63, 3.8) is 0 Å². The van der Waals surface area contributed by atoms with E-state index in [1.807, 2.05) is 6.92 Å². The summed E-state index contributed by atoms with van der Waals surface area (Å²) >= 11 is 0. The monoisotopic (exact) mass is 224 g/mol. The number of fused-ring (bicyclic) bond motifs is 2. The molecule has 2 unspecified atom stereocenters. The van der Waals surface area contributed by atoms with Crippen molar-refractivity contribution in [2.24, 2.45) is 23.7 Å². The molecule has 1 saturated heterocycles. The van der Waals surface area contributed by atoms with Crippen LogP contribution in [0.4, 0.5) is 0 Å². The first-order valence-corrected chi connectivity index (χ1v) is 6.55. The van der Waals surface area contributed by atoms with Gasteiger partial charge in [-0.3, -0.25) is 4.79 Å². The Balaban J connectivity index is 1.80. The molecule has 3 rings (SSSR count). The molecule has 16 heavy (non-hydrogen) atoms. The Labute approximate surface area is 96.2 Å². The Kier molecular flexibility index (Phi) is 2.46. The molecule has 0 spiro atoms. The van der Waals surface area contributed by atoms with Crippen molar-refractivity contribution < 1.29 is 14.6 Å². The summed E-state index contributed by atoms with van der Waals surface area (Å²) in [5.41, 5.74) is 0. The molecule has 2 saturated carbocycles. The van der Waals surface area contributed by atoms with Crippen LogP contribution in [0.2, 0.25) is 0 Å². The SMILES string of the molecule is C[C@H]1OC(=O)[C@@H]2C[C@@H]3C(O)CCCC3C[C@H]12. The van der Waals surface area contributed by atoms with E-state index in [0.717, 1.165) is 25.7 Å². The van der Waals surface area contributed by atoms with Gasteiger partial charge in [0.2, 0.25) is 0 Å². The first-order valence-electron chi connectivity index (χ1n) is 6.55. The lowest BCUT2D eigenvalue weighted by Crippen LogP contribution is -2.41. The molecule has 3 aliphatic rings.